The van der Waals surface area contributed by atoms with Gasteiger partial charge in [0.05, 0.1) is 7.11 Å². The van der Waals surface area contributed by atoms with Gasteiger partial charge in [-0.15, -0.1) is 0 Å². The number of hydrogen-bond acceptors (Lipinski definition) is 2. The van der Waals surface area contributed by atoms with E-state index >= 15 is 0 Å². The van der Waals surface area contributed by atoms with E-state index in [4.69, 9.17) is 11.6 Å². The average molecular weight is 134 g/mol. The maximum Gasteiger partial charge on any atom is 0.185 e. The van der Waals surface area contributed by atoms with Gasteiger partial charge >= 0.3 is 0 Å². The van der Waals surface area contributed by atoms with Crippen molar-refractivity contribution in [2.24, 2.45) is 4.99 Å². The fraction of sp³-hybridized carbons (Fsp3) is 0.400. The molecule has 0 unspecified atom stereocenters. The van der Waals surface area contributed by atoms with Gasteiger partial charge in [0.1, 0.15) is 5.16 Å². The van der Waals surface area contributed by atoms with Gasteiger partial charge in [0.2, 0.25) is 0 Å². The van der Waals surface area contributed by atoms with Gasteiger partial charge in [0.15, 0.2) is 5.90 Å². The summed E-state index contributed by atoms with van der Waals surface area (Å²) in [5, 5.41) is 0.240. The third-order valence-electron chi connectivity index (χ3n) is 0.574. The van der Waals surface area contributed by atoms with Crippen LogP contribution in [0.15, 0.2) is 16.7 Å². The van der Waals surface area contributed by atoms with Crippen LogP contribution in [0.4, 0.5) is 0 Å². The Morgan fingerprint density at radius 1 is 1.75 bits per heavy atom. The van der Waals surface area contributed by atoms with E-state index < -0.39 is 0 Å². The maximum absolute atomic E-state index is 5.29. The lowest BCUT2D eigenvalue weighted by Gasteiger charge is -1.93. The van der Waals surface area contributed by atoms with Crippen LogP contribution in [0, 0.1) is 0 Å². The molecule has 46 valence electrons. The lowest BCUT2D eigenvalue weighted by molar-refractivity contribution is 0.400. The molecule has 0 aliphatic carbocycles. The predicted octanol–water partition coefficient (Wildman–Crippen LogP) is 1.76. The molecule has 0 bridgehead atoms. The SMILES string of the molecule is C=C(Cl)N=C(C)OC. The van der Waals surface area contributed by atoms with Crippen LogP contribution in [0.25, 0.3) is 0 Å². The average Bonchev–Trinajstić information content (AvgIpc) is 1.65. The molecule has 0 saturated heterocycles. The topological polar surface area (TPSA) is 21.6 Å². The summed E-state index contributed by atoms with van der Waals surface area (Å²) in [4.78, 5) is 3.66. The first-order valence-corrected chi connectivity index (χ1v) is 2.48. The van der Waals surface area contributed by atoms with E-state index in [1.807, 2.05) is 0 Å². The predicted molar refractivity (Wildman–Crippen MR) is 35.1 cm³/mol. The van der Waals surface area contributed by atoms with Crippen LogP contribution in [-0.4, -0.2) is 13.0 Å². The van der Waals surface area contributed by atoms with Crippen LogP contribution in [-0.2, 0) is 4.74 Å². The molecule has 0 fully saturated rings. The molecule has 2 nitrogen and oxygen atoms in total. The number of nitrogens with zero attached hydrogens (tertiary/aromatic N) is 1. The summed E-state index contributed by atoms with van der Waals surface area (Å²) >= 11 is 5.29. The van der Waals surface area contributed by atoms with Gasteiger partial charge < -0.3 is 4.74 Å². The smallest absolute Gasteiger partial charge is 0.185 e. The number of halogens is 1. The minimum absolute atomic E-state index is 0.240. The van der Waals surface area contributed by atoms with E-state index in [0.29, 0.717) is 5.90 Å². The number of ether oxygens (including phenoxy) is 1. The van der Waals surface area contributed by atoms with Gasteiger partial charge in [-0.05, 0) is 0 Å². The zero-order valence-electron chi connectivity index (χ0n) is 4.94. The first kappa shape index (κ1) is 7.50. The van der Waals surface area contributed by atoms with Crippen molar-refractivity contribution in [3.05, 3.63) is 11.7 Å². The van der Waals surface area contributed by atoms with Crippen molar-refractivity contribution in [2.75, 3.05) is 7.11 Å². The molecule has 0 rings (SSSR count). The molecule has 0 saturated carbocycles. The Labute approximate surface area is 53.8 Å². The molecule has 0 heterocycles. The molecule has 0 N–H and O–H groups in total. The molecule has 8 heavy (non-hydrogen) atoms. The van der Waals surface area contributed by atoms with E-state index in [9.17, 15) is 0 Å². The molecule has 0 atom stereocenters. The summed E-state index contributed by atoms with van der Waals surface area (Å²) in [5.41, 5.74) is 0. The highest BCUT2D eigenvalue weighted by Gasteiger charge is 1.84. The second-order valence-corrected chi connectivity index (χ2v) is 1.65. The summed E-state index contributed by atoms with van der Waals surface area (Å²) in [6.07, 6.45) is 0. The van der Waals surface area contributed by atoms with Crippen LogP contribution in [0.3, 0.4) is 0 Å². The van der Waals surface area contributed by atoms with Crippen LogP contribution in [0.1, 0.15) is 6.92 Å². The third-order valence-corrected chi connectivity index (χ3v) is 0.659. The quantitative estimate of drug-likeness (QED) is 0.304. The number of methoxy groups -OCH3 is 1. The van der Waals surface area contributed by atoms with Gasteiger partial charge in [-0.1, -0.05) is 18.2 Å². The zero-order valence-corrected chi connectivity index (χ0v) is 5.70. The highest BCUT2D eigenvalue weighted by Crippen LogP contribution is 1.97. The molecule has 0 radical (unpaired) electrons. The number of aliphatic imine (C=N–C) groups is 1. The molecule has 0 aromatic carbocycles. The monoisotopic (exact) mass is 133 g/mol. The summed E-state index contributed by atoms with van der Waals surface area (Å²) in [5.74, 6) is 0.519. The van der Waals surface area contributed by atoms with Crippen molar-refractivity contribution in [1.82, 2.24) is 0 Å². The molecule has 0 amide bonds. The van der Waals surface area contributed by atoms with E-state index in [1.54, 1.807) is 6.92 Å². The van der Waals surface area contributed by atoms with Crippen molar-refractivity contribution in [3.8, 4) is 0 Å². The van der Waals surface area contributed by atoms with E-state index in [1.165, 1.54) is 7.11 Å². The normalized spacial score (nSPS) is 11.1. The van der Waals surface area contributed by atoms with E-state index in [0.717, 1.165) is 0 Å². The summed E-state index contributed by atoms with van der Waals surface area (Å²) in [6, 6.07) is 0. The Morgan fingerprint density at radius 2 is 2.25 bits per heavy atom. The highest BCUT2D eigenvalue weighted by atomic mass is 35.5. The summed E-state index contributed by atoms with van der Waals surface area (Å²) in [6.45, 7) is 5.04. The summed E-state index contributed by atoms with van der Waals surface area (Å²) < 4.78 is 4.67. The molecule has 3 heteroatoms. The molecular weight excluding hydrogens is 126 g/mol. The molecule has 0 aromatic heterocycles. The van der Waals surface area contributed by atoms with Crippen molar-refractivity contribution >= 4 is 17.5 Å². The van der Waals surface area contributed by atoms with Gasteiger partial charge in [-0.25, -0.2) is 4.99 Å². The fourth-order valence-electron chi connectivity index (χ4n) is 0.216. The Bertz CT molecular complexity index is 120. The van der Waals surface area contributed by atoms with Crippen LogP contribution in [0.5, 0.6) is 0 Å². The summed E-state index contributed by atoms with van der Waals surface area (Å²) in [7, 11) is 1.53. The van der Waals surface area contributed by atoms with Crippen LogP contribution < -0.4 is 0 Å². The van der Waals surface area contributed by atoms with E-state index in [2.05, 4.69) is 16.3 Å². The lowest BCUT2D eigenvalue weighted by Crippen LogP contribution is -1.91. The van der Waals surface area contributed by atoms with Gasteiger partial charge in [-0.3, -0.25) is 0 Å². The Balaban J connectivity index is 3.75. The van der Waals surface area contributed by atoms with Crippen molar-refractivity contribution in [3.63, 3.8) is 0 Å². The maximum atomic E-state index is 5.29. The molecule has 0 spiro atoms. The molecular formula is C5H8ClNO. The first-order valence-electron chi connectivity index (χ1n) is 2.10. The van der Waals surface area contributed by atoms with Gasteiger partial charge in [-0.2, -0.15) is 0 Å². The second-order valence-electron chi connectivity index (χ2n) is 1.21. The molecule has 0 aliphatic rings. The second kappa shape index (κ2) is 3.50. The Kier molecular flexibility index (Phi) is 3.28. The van der Waals surface area contributed by atoms with Crippen molar-refractivity contribution in [2.45, 2.75) is 6.92 Å². The zero-order chi connectivity index (χ0) is 6.57. The van der Waals surface area contributed by atoms with Gasteiger partial charge in [0.25, 0.3) is 0 Å². The lowest BCUT2D eigenvalue weighted by atomic mass is 10.8. The standard InChI is InChI=1S/C5H8ClNO/c1-4(6)7-5(2)8-3/h1H2,2-3H3. The molecule has 0 aromatic rings. The Morgan fingerprint density at radius 3 is 2.38 bits per heavy atom. The number of rotatable bonds is 1. The van der Waals surface area contributed by atoms with E-state index in [-0.39, 0.29) is 5.16 Å². The minimum Gasteiger partial charge on any atom is -0.484 e. The first-order chi connectivity index (χ1) is 3.66. The Hall–Kier alpha value is -0.500. The highest BCUT2D eigenvalue weighted by molar-refractivity contribution is 6.29. The van der Waals surface area contributed by atoms with Crippen LogP contribution in [0.2, 0.25) is 0 Å². The molecule has 0 aliphatic heterocycles. The fourth-order valence-corrected chi connectivity index (χ4v) is 0.336. The van der Waals surface area contributed by atoms with Crippen LogP contribution >= 0.6 is 11.6 Å². The van der Waals surface area contributed by atoms with Crippen molar-refractivity contribution < 1.29 is 4.74 Å². The van der Waals surface area contributed by atoms with Gasteiger partial charge in [0, 0.05) is 6.92 Å². The van der Waals surface area contributed by atoms with Crippen molar-refractivity contribution in [1.29, 1.82) is 0 Å². The largest absolute Gasteiger partial charge is 0.484 e. The minimum atomic E-state index is 0.240. The third kappa shape index (κ3) is 3.68. The number of hydrogen-bond donors (Lipinski definition) is 0.